The number of sulfone groups is 1. The fourth-order valence-electron chi connectivity index (χ4n) is 0.914. The van der Waals surface area contributed by atoms with Crippen LogP contribution in [0.1, 0.15) is 0 Å². The van der Waals surface area contributed by atoms with Gasteiger partial charge in [-0.25, -0.2) is 8.42 Å². The lowest BCUT2D eigenvalue weighted by atomic mass is 10.3. The van der Waals surface area contributed by atoms with Crippen molar-refractivity contribution < 1.29 is 17.2 Å². The van der Waals surface area contributed by atoms with Crippen molar-refractivity contribution in [1.29, 1.82) is 0 Å². The quantitative estimate of drug-likeness (QED) is 0.845. The first-order valence-corrected chi connectivity index (χ1v) is 5.33. The van der Waals surface area contributed by atoms with E-state index in [2.05, 4.69) is 5.32 Å². The van der Waals surface area contributed by atoms with Crippen molar-refractivity contribution >= 4 is 15.5 Å². The fraction of sp³-hybridized carbons (Fsp3) is 0.250. The molecule has 0 aliphatic carbocycles. The minimum Gasteiger partial charge on any atom is -0.388 e. The van der Waals surface area contributed by atoms with E-state index in [1.807, 2.05) is 0 Å². The molecular formula is C8H9F2NO2S. The van der Waals surface area contributed by atoms with Crippen LogP contribution in [0.5, 0.6) is 0 Å². The molecule has 6 heteroatoms. The van der Waals surface area contributed by atoms with Gasteiger partial charge in [-0.2, -0.15) is 8.78 Å². The number of anilines is 1. The van der Waals surface area contributed by atoms with Crippen LogP contribution in [0.4, 0.5) is 14.5 Å². The van der Waals surface area contributed by atoms with Gasteiger partial charge in [0.15, 0.2) is 0 Å². The highest BCUT2D eigenvalue weighted by Crippen LogP contribution is 2.19. The van der Waals surface area contributed by atoms with Gasteiger partial charge in [-0.3, -0.25) is 0 Å². The van der Waals surface area contributed by atoms with Gasteiger partial charge in [-0.1, -0.05) is 0 Å². The number of halogens is 2. The van der Waals surface area contributed by atoms with Gasteiger partial charge in [0.2, 0.25) is 9.84 Å². The molecule has 1 aromatic carbocycles. The van der Waals surface area contributed by atoms with E-state index in [0.717, 1.165) is 12.1 Å². The molecule has 0 atom stereocenters. The zero-order valence-electron chi connectivity index (χ0n) is 7.37. The van der Waals surface area contributed by atoms with Crippen LogP contribution in [0.15, 0.2) is 29.2 Å². The highest BCUT2D eigenvalue weighted by molar-refractivity contribution is 7.91. The summed E-state index contributed by atoms with van der Waals surface area (Å²) in [5.41, 5.74) is 0.665. The first-order chi connectivity index (χ1) is 6.48. The molecule has 0 aliphatic rings. The van der Waals surface area contributed by atoms with Crippen molar-refractivity contribution in [3.8, 4) is 0 Å². The number of nitrogens with one attached hydrogen (secondary N) is 1. The van der Waals surface area contributed by atoms with Gasteiger partial charge in [0.1, 0.15) is 0 Å². The normalized spacial score (nSPS) is 11.7. The summed E-state index contributed by atoms with van der Waals surface area (Å²) in [6, 6.07) is 5.14. The Morgan fingerprint density at radius 2 is 1.71 bits per heavy atom. The lowest BCUT2D eigenvalue weighted by molar-refractivity contribution is 0.234. The molecule has 1 N–H and O–H groups in total. The van der Waals surface area contributed by atoms with E-state index in [1.165, 1.54) is 12.1 Å². The van der Waals surface area contributed by atoms with Crippen LogP contribution in [0.3, 0.4) is 0 Å². The van der Waals surface area contributed by atoms with Crippen molar-refractivity contribution in [2.24, 2.45) is 0 Å². The predicted octanol–water partition coefficient (Wildman–Crippen LogP) is 1.72. The molecule has 1 rings (SSSR count). The largest absolute Gasteiger partial charge is 0.388 e. The minimum absolute atomic E-state index is 0.369. The molecule has 0 bridgehead atoms. The molecule has 0 radical (unpaired) electrons. The maximum atomic E-state index is 12.1. The Morgan fingerprint density at radius 3 is 2.07 bits per heavy atom. The number of benzene rings is 1. The lowest BCUT2D eigenvalue weighted by Gasteiger charge is -2.04. The average molecular weight is 221 g/mol. The third kappa shape index (κ3) is 2.01. The van der Waals surface area contributed by atoms with Crippen LogP contribution < -0.4 is 5.32 Å². The van der Waals surface area contributed by atoms with Gasteiger partial charge in [0.05, 0.1) is 4.90 Å². The van der Waals surface area contributed by atoms with Crippen LogP contribution >= 0.6 is 0 Å². The van der Waals surface area contributed by atoms with E-state index in [0.29, 0.717) is 5.69 Å². The minimum atomic E-state index is -4.46. The van der Waals surface area contributed by atoms with Crippen molar-refractivity contribution in [2.75, 3.05) is 12.4 Å². The molecule has 0 aliphatic heterocycles. The van der Waals surface area contributed by atoms with Crippen LogP contribution in [0.2, 0.25) is 0 Å². The highest BCUT2D eigenvalue weighted by atomic mass is 32.2. The van der Waals surface area contributed by atoms with Crippen LogP contribution in [-0.4, -0.2) is 21.2 Å². The molecule has 0 spiro atoms. The molecule has 0 amide bonds. The molecule has 0 aromatic heterocycles. The van der Waals surface area contributed by atoms with Crippen molar-refractivity contribution in [3.05, 3.63) is 24.3 Å². The molecule has 78 valence electrons. The highest BCUT2D eigenvalue weighted by Gasteiger charge is 2.25. The smallest absolute Gasteiger partial charge is 0.341 e. The summed E-state index contributed by atoms with van der Waals surface area (Å²) in [6.07, 6.45) is 0. The Morgan fingerprint density at radius 1 is 1.21 bits per heavy atom. The molecule has 14 heavy (non-hydrogen) atoms. The number of hydrogen-bond donors (Lipinski definition) is 1. The van der Waals surface area contributed by atoms with Crippen LogP contribution in [0.25, 0.3) is 0 Å². The fourth-order valence-corrected chi connectivity index (χ4v) is 1.64. The second-order valence-corrected chi connectivity index (χ2v) is 4.50. The topological polar surface area (TPSA) is 46.2 Å². The predicted molar refractivity (Wildman–Crippen MR) is 49.2 cm³/mol. The number of rotatable bonds is 3. The summed E-state index contributed by atoms with van der Waals surface area (Å²) in [6.45, 7) is 0. The van der Waals surface area contributed by atoms with E-state index in [-0.39, 0.29) is 4.90 Å². The molecule has 0 heterocycles. The van der Waals surface area contributed by atoms with E-state index < -0.39 is 15.6 Å². The number of alkyl halides is 2. The van der Waals surface area contributed by atoms with Crippen molar-refractivity contribution in [1.82, 2.24) is 0 Å². The summed E-state index contributed by atoms with van der Waals surface area (Å²) in [5.74, 6) is -3.37. The zero-order valence-corrected chi connectivity index (χ0v) is 8.18. The van der Waals surface area contributed by atoms with E-state index in [4.69, 9.17) is 0 Å². The van der Waals surface area contributed by atoms with Gasteiger partial charge in [-0.15, -0.1) is 0 Å². The zero-order chi connectivity index (χ0) is 10.8. The second-order valence-electron chi connectivity index (χ2n) is 2.58. The summed E-state index contributed by atoms with van der Waals surface area (Å²) < 4.78 is 46.1. The average Bonchev–Trinajstić information content (AvgIpc) is 2.17. The molecule has 0 saturated heterocycles. The Hall–Kier alpha value is -1.17. The van der Waals surface area contributed by atoms with Gasteiger partial charge >= 0.3 is 5.76 Å². The molecule has 1 aromatic rings. The van der Waals surface area contributed by atoms with Gasteiger partial charge in [-0.05, 0) is 24.3 Å². The van der Waals surface area contributed by atoms with E-state index >= 15 is 0 Å². The summed E-state index contributed by atoms with van der Waals surface area (Å²) in [4.78, 5) is -0.369. The van der Waals surface area contributed by atoms with Crippen LogP contribution in [-0.2, 0) is 9.84 Å². The van der Waals surface area contributed by atoms with Gasteiger partial charge in [0, 0.05) is 12.7 Å². The molecule has 3 nitrogen and oxygen atoms in total. The maximum absolute atomic E-state index is 12.1. The first-order valence-electron chi connectivity index (χ1n) is 3.78. The molecule has 0 saturated carbocycles. The summed E-state index contributed by atoms with van der Waals surface area (Å²) in [7, 11) is -2.81. The number of hydrogen-bond acceptors (Lipinski definition) is 3. The Bertz CT molecular complexity index is 400. The Balaban J connectivity index is 3.10. The molecule has 0 fully saturated rings. The van der Waals surface area contributed by atoms with Crippen molar-refractivity contribution in [2.45, 2.75) is 10.7 Å². The Labute approximate surface area is 80.7 Å². The second kappa shape index (κ2) is 3.91. The van der Waals surface area contributed by atoms with Crippen molar-refractivity contribution in [3.63, 3.8) is 0 Å². The standard InChI is InChI=1S/C8H9F2NO2S/c1-11-6-2-4-7(5-3-6)14(12,13)8(9)10/h2-5,8,11H,1H3. The first kappa shape index (κ1) is 10.9. The lowest BCUT2D eigenvalue weighted by Crippen LogP contribution is -2.11. The van der Waals surface area contributed by atoms with Gasteiger partial charge < -0.3 is 5.32 Å². The molecular weight excluding hydrogens is 212 g/mol. The summed E-state index contributed by atoms with van der Waals surface area (Å²) in [5, 5.41) is 2.75. The monoisotopic (exact) mass is 221 g/mol. The van der Waals surface area contributed by atoms with E-state index in [9.17, 15) is 17.2 Å². The summed E-state index contributed by atoms with van der Waals surface area (Å²) >= 11 is 0. The third-order valence-corrected chi connectivity index (χ3v) is 3.10. The molecule has 0 unspecified atom stereocenters. The van der Waals surface area contributed by atoms with Gasteiger partial charge in [0.25, 0.3) is 0 Å². The third-order valence-electron chi connectivity index (χ3n) is 1.71. The van der Waals surface area contributed by atoms with E-state index in [1.54, 1.807) is 7.05 Å². The maximum Gasteiger partial charge on any atom is 0.341 e. The van der Waals surface area contributed by atoms with Crippen LogP contribution in [0, 0.1) is 0 Å². The SMILES string of the molecule is CNc1ccc(S(=O)(=O)C(F)F)cc1. The Kier molecular flexibility index (Phi) is 3.05.